The van der Waals surface area contributed by atoms with Crippen molar-refractivity contribution in [1.29, 1.82) is 0 Å². The third kappa shape index (κ3) is 1.34. The molecule has 0 amide bonds. The molecule has 1 fully saturated rings. The van der Waals surface area contributed by atoms with E-state index in [0.717, 1.165) is 19.6 Å². The van der Waals surface area contributed by atoms with Gasteiger partial charge in [0.15, 0.2) is 0 Å². The fourth-order valence-electron chi connectivity index (χ4n) is 0.706. The molecule has 1 saturated heterocycles. The maximum absolute atomic E-state index is 5.80. The van der Waals surface area contributed by atoms with Crippen molar-refractivity contribution in [2.24, 2.45) is 0 Å². The lowest BCUT2D eigenvalue weighted by Crippen LogP contribution is -2.42. The Labute approximate surface area is 54.8 Å². The summed E-state index contributed by atoms with van der Waals surface area (Å²) in [7, 11) is 2.02. The second-order valence-electron chi connectivity index (χ2n) is 2.04. The summed E-state index contributed by atoms with van der Waals surface area (Å²) < 4.78 is 0. The molecule has 1 radical (unpaired) electrons. The van der Waals surface area contributed by atoms with Gasteiger partial charge < -0.3 is 0 Å². The van der Waals surface area contributed by atoms with E-state index in [-0.39, 0.29) is 5.50 Å². The van der Waals surface area contributed by atoms with Crippen LogP contribution in [0.3, 0.4) is 0 Å². The molecule has 0 aliphatic carbocycles. The van der Waals surface area contributed by atoms with Crippen LogP contribution in [-0.4, -0.2) is 37.1 Å². The SMILES string of the molecule is CN1CC[N]CC1Cl. The summed E-state index contributed by atoms with van der Waals surface area (Å²) in [5, 5.41) is 4.13. The minimum atomic E-state index is 0.142. The highest BCUT2D eigenvalue weighted by molar-refractivity contribution is 6.20. The summed E-state index contributed by atoms with van der Waals surface area (Å²) in [6.45, 7) is 2.74. The van der Waals surface area contributed by atoms with E-state index < -0.39 is 0 Å². The zero-order valence-corrected chi connectivity index (χ0v) is 5.73. The molecule has 0 aromatic heterocycles. The van der Waals surface area contributed by atoms with Gasteiger partial charge in [0.25, 0.3) is 0 Å². The minimum absolute atomic E-state index is 0.142. The number of hydrogen-bond acceptors (Lipinski definition) is 1. The highest BCUT2D eigenvalue weighted by Crippen LogP contribution is 2.03. The molecule has 0 aromatic rings. The van der Waals surface area contributed by atoms with E-state index in [1.165, 1.54) is 0 Å². The molecule has 0 N–H and O–H groups in total. The first-order valence-electron chi connectivity index (χ1n) is 2.78. The molecule has 1 atom stereocenters. The Kier molecular flexibility index (Phi) is 2.11. The fraction of sp³-hybridized carbons (Fsp3) is 1.00. The molecule has 1 heterocycles. The second kappa shape index (κ2) is 2.67. The van der Waals surface area contributed by atoms with Gasteiger partial charge in [0.2, 0.25) is 0 Å². The van der Waals surface area contributed by atoms with Crippen molar-refractivity contribution in [3.63, 3.8) is 0 Å². The number of likely N-dealkylation sites (N-methyl/N-ethyl adjacent to an activating group) is 1. The van der Waals surface area contributed by atoms with Crippen LogP contribution in [0.1, 0.15) is 0 Å². The standard InChI is InChI=1S/C5H10ClN2/c1-8-3-2-7-4-5(8)6/h5H,2-4H2,1H3. The molecular weight excluding hydrogens is 124 g/mol. The van der Waals surface area contributed by atoms with Crippen LogP contribution in [0.25, 0.3) is 0 Å². The fourth-order valence-corrected chi connectivity index (χ4v) is 0.901. The van der Waals surface area contributed by atoms with Crippen molar-refractivity contribution in [1.82, 2.24) is 10.2 Å². The molecule has 0 saturated carbocycles. The molecule has 1 rings (SSSR count). The molecule has 0 spiro atoms. The molecule has 2 nitrogen and oxygen atoms in total. The zero-order valence-electron chi connectivity index (χ0n) is 4.97. The van der Waals surface area contributed by atoms with E-state index in [1.807, 2.05) is 7.05 Å². The van der Waals surface area contributed by atoms with Crippen molar-refractivity contribution in [3.05, 3.63) is 0 Å². The summed E-state index contributed by atoms with van der Waals surface area (Å²) in [5.41, 5.74) is 0.142. The maximum atomic E-state index is 5.80. The van der Waals surface area contributed by atoms with Crippen molar-refractivity contribution in [3.8, 4) is 0 Å². The van der Waals surface area contributed by atoms with Gasteiger partial charge in [-0.1, -0.05) is 0 Å². The predicted molar refractivity (Wildman–Crippen MR) is 34.1 cm³/mol. The Hall–Kier alpha value is 0.210. The highest BCUT2D eigenvalue weighted by Gasteiger charge is 2.14. The van der Waals surface area contributed by atoms with Crippen LogP contribution < -0.4 is 5.32 Å². The smallest absolute Gasteiger partial charge is 0.0991 e. The zero-order chi connectivity index (χ0) is 5.98. The van der Waals surface area contributed by atoms with E-state index >= 15 is 0 Å². The normalized spacial score (nSPS) is 33.0. The Morgan fingerprint density at radius 2 is 2.50 bits per heavy atom. The first kappa shape index (κ1) is 6.33. The van der Waals surface area contributed by atoms with Gasteiger partial charge in [-0.25, -0.2) is 5.32 Å². The van der Waals surface area contributed by atoms with E-state index in [2.05, 4.69) is 10.2 Å². The van der Waals surface area contributed by atoms with Crippen LogP contribution in [0, 0.1) is 0 Å². The molecule has 3 heteroatoms. The second-order valence-corrected chi connectivity index (χ2v) is 2.55. The highest BCUT2D eigenvalue weighted by atomic mass is 35.5. The van der Waals surface area contributed by atoms with Crippen molar-refractivity contribution in [2.75, 3.05) is 26.7 Å². The largest absolute Gasteiger partial charge is 0.288 e. The van der Waals surface area contributed by atoms with Crippen LogP contribution in [0.5, 0.6) is 0 Å². The van der Waals surface area contributed by atoms with Gasteiger partial charge in [0.05, 0.1) is 5.50 Å². The summed E-state index contributed by atoms with van der Waals surface area (Å²) in [5.74, 6) is 0. The number of alkyl halides is 1. The van der Waals surface area contributed by atoms with Crippen LogP contribution >= 0.6 is 11.6 Å². The molecule has 8 heavy (non-hydrogen) atoms. The van der Waals surface area contributed by atoms with Gasteiger partial charge in [-0.3, -0.25) is 4.90 Å². The predicted octanol–water partition coefficient (Wildman–Crippen LogP) is 0.101. The number of hydrogen-bond donors (Lipinski definition) is 0. The number of halogens is 1. The van der Waals surface area contributed by atoms with E-state index in [9.17, 15) is 0 Å². The maximum Gasteiger partial charge on any atom is 0.0991 e. The summed E-state index contributed by atoms with van der Waals surface area (Å²) in [4.78, 5) is 2.11. The van der Waals surface area contributed by atoms with Crippen LogP contribution in [-0.2, 0) is 0 Å². The molecule has 47 valence electrons. The Bertz CT molecular complexity index is 66.8. The van der Waals surface area contributed by atoms with Crippen molar-refractivity contribution >= 4 is 11.6 Å². The topological polar surface area (TPSA) is 17.3 Å². The lowest BCUT2D eigenvalue weighted by Gasteiger charge is -2.26. The molecule has 0 aromatic carbocycles. The van der Waals surface area contributed by atoms with Gasteiger partial charge in [-0.05, 0) is 7.05 Å². The first-order valence-corrected chi connectivity index (χ1v) is 3.22. The summed E-state index contributed by atoms with van der Waals surface area (Å²) in [6, 6.07) is 0. The average molecular weight is 134 g/mol. The van der Waals surface area contributed by atoms with Gasteiger partial charge >= 0.3 is 0 Å². The quantitative estimate of drug-likeness (QED) is 0.339. The average Bonchev–Trinajstić information content (AvgIpc) is 1.77. The van der Waals surface area contributed by atoms with Gasteiger partial charge in [0, 0.05) is 19.6 Å². The lowest BCUT2D eigenvalue weighted by atomic mass is 10.4. The van der Waals surface area contributed by atoms with Crippen LogP contribution in [0.2, 0.25) is 0 Å². The Morgan fingerprint density at radius 1 is 1.75 bits per heavy atom. The monoisotopic (exact) mass is 133 g/mol. The van der Waals surface area contributed by atoms with E-state index in [0.29, 0.717) is 0 Å². The molecule has 1 aliphatic heterocycles. The van der Waals surface area contributed by atoms with Gasteiger partial charge in [-0.2, -0.15) is 0 Å². The number of nitrogens with zero attached hydrogens (tertiary/aromatic N) is 2. The van der Waals surface area contributed by atoms with E-state index in [4.69, 9.17) is 11.6 Å². The van der Waals surface area contributed by atoms with Gasteiger partial charge in [-0.15, -0.1) is 11.6 Å². The van der Waals surface area contributed by atoms with Gasteiger partial charge in [0.1, 0.15) is 0 Å². The third-order valence-corrected chi connectivity index (χ3v) is 1.84. The molecular formula is C5H10ClN2. The summed E-state index contributed by atoms with van der Waals surface area (Å²) >= 11 is 5.80. The Balaban J connectivity index is 2.28. The number of rotatable bonds is 0. The summed E-state index contributed by atoms with van der Waals surface area (Å²) in [6.07, 6.45) is 0. The van der Waals surface area contributed by atoms with Crippen LogP contribution in [0.4, 0.5) is 0 Å². The van der Waals surface area contributed by atoms with Crippen molar-refractivity contribution < 1.29 is 0 Å². The van der Waals surface area contributed by atoms with E-state index in [1.54, 1.807) is 0 Å². The number of piperazine rings is 1. The minimum Gasteiger partial charge on any atom is -0.288 e. The third-order valence-electron chi connectivity index (χ3n) is 1.37. The van der Waals surface area contributed by atoms with Crippen molar-refractivity contribution in [2.45, 2.75) is 5.50 Å². The molecule has 0 bridgehead atoms. The lowest BCUT2D eigenvalue weighted by molar-refractivity contribution is 0.258. The first-order chi connectivity index (χ1) is 3.80. The van der Waals surface area contributed by atoms with Crippen LogP contribution in [0.15, 0.2) is 0 Å². The molecule has 1 aliphatic rings. The Morgan fingerprint density at radius 3 is 2.88 bits per heavy atom. The molecule has 1 unspecified atom stereocenters.